The van der Waals surface area contributed by atoms with E-state index in [1.807, 2.05) is 12.1 Å². The highest BCUT2D eigenvalue weighted by molar-refractivity contribution is 6.74. The van der Waals surface area contributed by atoms with Crippen molar-refractivity contribution < 1.29 is 29.0 Å². The molecule has 8 nitrogen and oxygen atoms in total. The van der Waals surface area contributed by atoms with Crippen molar-refractivity contribution in [1.82, 2.24) is 10.2 Å². The maximum atomic E-state index is 13.0. The molecule has 1 unspecified atom stereocenters. The third-order valence-corrected chi connectivity index (χ3v) is 11.3. The predicted octanol–water partition coefficient (Wildman–Crippen LogP) is 2.25. The van der Waals surface area contributed by atoms with Crippen LogP contribution in [-0.4, -0.2) is 59.9 Å². The lowest BCUT2D eigenvalue weighted by molar-refractivity contribution is -0.136. The SMILES string of the molecule is CC(C)(C)[Si](C)(C)O[C@H](CC(O)CO)c1ccc2c(c1)CN([C@H]1CCC(=O)NC1=O)C2=O. The van der Waals surface area contributed by atoms with Crippen LogP contribution >= 0.6 is 0 Å². The van der Waals surface area contributed by atoms with E-state index in [9.17, 15) is 24.6 Å². The predicted molar refractivity (Wildman–Crippen MR) is 121 cm³/mol. The van der Waals surface area contributed by atoms with Crippen molar-refractivity contribution in [1.29, 1.82) is 0 Å². The molecule has 0 saturated carbocycles. The van der Waals surface area contributed by atoms with Gasteiger partial charge in [-0.2, -0.15) is 0 Å². The minimum Gasteiger partial charge on any atom is -0.410 e. The molecule has 2 aliphatic rings. The molecule has 0 aromatic heterocycles. The van der Waals surface area contributed by atoms with Gasteiger partial charge in [0.15, 0.2) is 8.32 Å². The van der Waals surface area contributed by atoms with Gasteiger partial charge in [-0.05, 0) is 41.7 Å². The summed E-state index contributed by atoms with van der Waals surface area (Å²) in [5.41, 5.74) is 2.16. The topological polar surface area (TPSA) is 116 Å². The van der Waals surface area contributed by atoms with Gasteiger partial charge in [-0.3, -0.25) is 19.7 Å². The third-order valence-electron chi connectivity index (χ3n) is 6.86. The fourth-order valence-corrected chi connectivity index (χ4v) is 5.20. The molecular formula is C23H34N2O6Si. The standard InChI is InChI=1S/C23H34N2O6Si/c1-23(2,3)32(4,5)31-19(11-16(27)13-26)14-6-7-17-15(10-14)12-25(22(17)30)18-8-9-20(28)24-21(18)29/h6-7,10,16,18-19,26-27H,8-9,11-13H2,1-5H3,(H,24,28,29)/t16?,18-,19+/m0/s1. The van der Waals surface area contributed by atoms with Gasteiger partial charge in [-0.1, -0.05) is 32.9 Å². The van der Waals surface area contributed by atoms with Crippen molar-refractivity contribution in [2.45, 2.75) is 83.0 Å². The van der Waals surface area contributed by atoms with E-state index in [2.05, 4.69) is 39.2 Å². The van der Waals surface area contributed by atoms with Gasteiger partial charge in [0.05, 0.1) is 18.8 Å². The second kappa shape index (κ2) is 9.05. The molecule has 1 fully saturated rings. The molecule has 0 bridgehead atoms. The van der Waals surface area contributed by atoms with Gasteiger partial charge in [-0.25, -0.2) is 0 Å². The zero-order valence-corrected chi connectivity index (χ0v) is 20.5. The molecule has 1 aromatic rings. The maximum absolute atomic E-state index is 13.0. The van der Waals surface area contributed by atoms with Crippen LogP contribution in [0.15, 0.2) is 18.2 Å². The molecule has 9 heteroatoms. The Balaban J connectivity index is 1.87. The fraction of sp³-hybridized carbons (Fsp3) is 0.609. The summed E-state index contributed by atoms with van der Waals surface area (Å²) in [6.45, 7) is 10.6. The molecule has 2 aliphatic heterocycles. The van der Waals surface area contributed by atoms with E-state index in [-0.39, 0.29) is 42.8 Å². The lowest BCUT2D eigenvalue weighted by atomic mass is 9.99. The number of nitrogens with zero attached hydrogens (tertiary/aromatic N) is 1. The lowest BCUT2D eigenvalue weighted by Gasteiger charge is -2.40. The maximum Gasteiger partial charge on any atom is 0.255 e. The van der Waals surface area contributed by atoms with Crippen LogP contribution in [-0.2, 0) is 20.6 Å². The Kier molecular flexibility index (Phi) is 6.95. The molecule has 3 N–H and O–H groups in total. The van der Waals surface area contributed by atoms with E-state index in [0.29, 0.717) is 12.0 Å². The highest BCUT2D eigenvalue weighted by Gasteiger charge is 2.41. The van der Waals surface area contributed by atoms with E-state index in [1.165, 1.54) is 4.90 Å². The van der Waals surface area contributed by atoms with E-state index in [1.54, 1.807) is 6.07 Å². The average Bonchev–Trinajstić information content (AvgIpc) is 3.02. The van der Waals surface area contributed by atoms with Crippen LogP contribution in [0.3, 0.4) is 0 Å². The number of benzene rings is 1. The highest BCUT2D eigenvalue weighted by Crippen LogP contribution is 2.41. The Labute approximate surface area is 190 Å². The monoisotopic (exact) mass is 462 g/mol. The Hall–Kier alpha value is -2.07. The Morgan fingerprint density at radius 1 is 1.25 bits per heavy atom. The first-order chi connectivity index (χ1) is 14.8. The van der Waals surface area contributed by atoms with Gasteiger partial charge in [0.2, 0.25) is 11.8 Å². The molecule has 176 valence electrons. The molecule has 0 spiro atoms. The van der Waals surface area contributed by atoms with Gasteiger partial charge in [0, 0.05) is 24.9 Å². The number of hydrogen-bond donors (Lipinski definition) is 3. The van der Waals surface area contributed by atoms with Gasteiger partial charge < -0.3 is 19.5 Å². The van der Waals surface area contributed by atoms with Crippen LogP contribution in [0.4, 0.5) is 0 Å². The van der Waals surface area contributed by atoms with Crippen molar-refractivity contribution in [3.05, 3.63) is 34.9 Å². The summed E-state index contributed by atoms with van der Waals surface area (Å²) in [6, 6.07) is 4.81. The summed E-state index contributed by atoms with van der Waals surface area (Å²) >= 11 is 0. The Morgan fingerprint density at radius 3 is 2.53 bits per heavy atom. The number of amides is 3. The Bertz CT molecular complexity index is 910. The van der Waals surface area contributed by atoms with Crippen molar-refractivity contribution in [2.75, 3.05) is 6.61 Å². The zero-order valence-electron chi connectivity index (χ0n) is 19.5. The van der Waals surface area contributed by atoms with Crippen molar-refractivity contribution >= 4 is 26.0 Å². The quantitative estimate of drug-likeness (QED) is 0.423. The number of rotatable bonds is 7. The van der Waals surface area contributed by atoms with Crippen molar-refractivity contribution in [3.63, 3.8) is 0 Å². The number of nitrogens with one attached hydrogen (secondary N) is 1. The number of piperidine rings is 1. The van der Waals surface area contributed by atoms with E-state index in [4.69, 9.17) is 4.43 Å². The minimum atomic E-state index is -2.18. The molecule has 1 saturated heterocycles. The van der Waals surface area contributed by atoms with E-state index >= 15 is 0 Å². The van der Waals surface area contributed by atoms with Gasteiger partial charge in [0.1, 0.15) is 6.04 Å². The fourth-order valence-electron chi connectivity index (χ4n) is 3.90. The molecule has 0 aliphatic carbocycles. The van der Waals surface area contributed by atoms with Crippen LogP contribution in [0, 0.1) is 0 Å². The minimum absolute atomic E-state index is 0.0370. The number of aliphatic hydroxyl groups excluding tert-OH is 2. The second-order valence-electron chi connectivity index (χ2n) is 10.3. The number of aliphatic hydroxyl groups is 2. The molecule has 2 heterocycles. The van der Waals surface area contributed by atoms with E-state index < -0.39 is 32.5 Å². The number of fused-ring (bicyclic) bond motifs is 1. The van der Waals surface area contributed by atoms with Crippen molar-refractivity contribution in [2.24, 2.45) is 0 Å². The molecule has 3 amide bonds. The molecule has 0 radical (unpaired) electrons. The Morgan fingerprint density at radius 2 is 1.94 bits per heavy atom. The number of carbonyl (C=O) groups excluding carboxylic acids is 3. The summed E-state index contributed by atoms with van der Waals surface area (Å²) in [4.78, 5) is 38.2. The average molecular weight is 463 g/mol. The van der Waals surface area contributed by atoms with Crippen LogP contribution in [0.25, 0.3) is 0 Å². The summed E-state index contributed by atoms with van der Waals surface area (Å²) in [6.07, 6.45) is -0.574. The molecule has 3 rings (SSSR count). The normalized spacial score (nSPS) is 21.4. The lowest BCUT2D eigenvalue weighted by Crippen LogP contribution is -2.52. The first-order valence-corrected chi connectivity index (χ1v) is 14.0. The smallest absolute Gasteiger partial charge is 0.255 e. The van der Waals surface area contributed by atoms with Crippen LogP contribution < -0.4 is 5.32 Å². The van der Waals surface area contributed by atoms with Crippen molar-refractivity contribution in [3.8, 4) is 0 Å². The highest BCUT2D eigenvalue weighted by atomic mass is 28.4. The molecule has 32 heavy (non-hydrogen) atoms. The third kappa shape index (κ3) is 4.95. The first-order valence-electron chi connectivity index (χ1n) is 11.1. The number of carbonyl (C=O) groups is 3. The molecule has 3 atom stereocenters. The molecule has 1 aromatic carbocycles. The molecular weight excluding hydrogens is 428 g/mol. The summed E-state index contributed by atoms with van der Waals surface area (Å²) in [7, 11) is -2.18. The number of imide groups is 1. The largest absolute Gasteiger partial charge is 0.410 e. The van der Waals surface area contributed by atoms with E-state index in [0.717, 1.165) is 11.1 Å². The summed E-state index contributed by atoms with van der Waals surface area (Å²) in [5.74, 6) is -0.975. The van der Waals surface area contributed by atoms with Crippen LogP contribution in [0.1, 0.15) is 67.6 Å². The van der Waals surface area contributed by atoms with Gasteiger partial charge in [0.25, 0.3) is 5.91 Å². The van der Waals surface area contributed by atoms with Gasteiger partial charge in [-0.15, -0.1) is 0 Å². The first kappa shape index (κ1) is 24.6. The second-order valence-corrected chi connectivity index (χ2v) is 15.0. The zero-order chi connectivity index (χ0) is 23.8. The summed E-state index contributed by atoms with van der Waals surface area (Å²) < 4.78 is 6.59. The van der Waals surface area contributed by atoms with Crippen LogP contribution in [0.5, 0.6) is 0 Å². The number of hydrogen-bond acceptors (Lipinski definition) is 6. The summed E-state index contributed by atoms with van der Waals surface area (Å²) in [5, 5.41) is 21.8. The van der Waals surface area contributed by atoms with Crippen LogP contribution in [0.2, 0.25) is 18.1 Å². The van der Waals surface area contributed by atoms with Gasteiger partial charge >= 0.3 is 0 Å².